The number of carbonyl (C=O) groups excluding carboxylic acids is 1. The summed E-state index contributed by atoms with van der Waals surface area (Å²) < 4.78 is 6.95. The van der Waals surface area contributed by atoms with Gasteiger partial charge in [0.05, 0.1) is 17.6 Å². The van der Waals surface area contributed by atoms with E-state index in [2.05, 4.69) is 4.98 Å². The minimum absolute atomic E-state index is 0.00353. The maximum absolute atomic E-state index is 11.8. The van der Waals surface area contributed by atoms with E-state index in [-0.39, 0.29) is 5.91 Å². The van der Waals surface area contributed by atoms with Gasteiger partial charge in [-0.15, -0.1) is 11.3 Å². The second kappa shape index (κ2) is 3.81. The molecule has 0 spiro atoms. The topological polar surface area (TPSA) is 44.1 Å². The molecule has 0 fully saturated rings. The van der Waals surface area contributed by atoms with Crippen LogP contribution in [0.3, 0.4) is 0 Å². The largest absolute Gasteiger partial charge is 0.497 e. The summed E-state index contributed by atoms with van der Waals surface area (Å²) in [5.41, 5.74) is 1.76. The standard InChI is InChI=1S/C13H12N2O2S/c1-7-14-12-10-6-9(17-3)4-5-11(10)15(8(2)16)13(12)18-7/h4-6H,1-3H3. The van der Waals surface area contributed by atoms with E-state index in [9.17, 15) is 4.79 Å². The molecule has 0 N–H and O–H groups in total. The van der Waals surface area contributed by atoms with Crippen molar-refractivity contribution in [3.8, 4) is 5.75 Å². The smallest absolute Gasteiger partial charge is 0.229 e. The Morgan fingerprint density at radius 1 is 1.44 bits per heavy atom. The van der Waals surface area contributed by atoms with E-state index in [1.54, 1.807) is 18.6 Å². The van der Waals surface area contributed by atoms with Crippen molar-refractivity contribution in [3.63, 3.8) is 0 Å². The highest BCUT2D eigenvalue weighted by atomic mass is 32.1. The summed E-state index contributed by atoms with van der Waals surface area (Å²) in [7, 11) is 1.63. The van der Waals surface area contributed by atoms with Gasteiger partial charge >= 0.3 is 0 Å². The van der Waals surface area contributed by atoms with Gasteiger partial charge in [-0.1, -0.05) is 0 Å². The quantitative estimate of drug-likeness (QED) is 0.674. The number of rotatable bonds is 1. The molecule has 18 heavy (non-hydrogen) atoms. The molecule has 0 aliphatic carbocycles. The van der Waals surface area contributed by atoms with Gasteiger partial charge < -0.3 is 4.74 Å². The molecule has 0 saturated carbocycles. The van der Waals surface area contributed by atoms with Gasteiger partial charge in [0.25, 0.3) is 0 Å². The molecule has 92 valence electrons. The van der Waals surface area contributed by atoms with Crippen LogP contribution in [0, 0.1) is 6.92 Å². The lowest BCUT2D eigenvalue weighted by atomic mass is 10.2. The number of benzene rings is 1. The summed E-state index contributed by atoms with van der Waals surface area (Å²) in [6.45, 7) is 3.51. The molecule has 2 aromatic heterocycles. The summed E-state index contributed by atoms with van der Waals surface area (Å²) in [6, 6.07) is 5.69. The highest BCUT2D eigenvalue weighted by molar-refractivity contribution is 7.18. The predicted octanol–water partition coefficient (Wildman–Crippen LogP) is 3.23. The number of aromatic nitrogens is 2. The Balaban J connectivity index is 2.51. The van der Waals surface area contributed by atoms with Crippen LogP contribution in [0.4, 0.5) is 0 Å². The van der Waals surface area contributed by atoms with Crippen molar-refractivity contribution in [2.24, 2.45) is 0 Å². The number of carbonyl (C=O) groups is 1. The van der Waals surface area contributed by atoms with Gasteiger partial charge in [0.1, 0.15) is 16.1 Å². The molecule has 0 unspecified atom stereocenters. The first kappa shape index (κ1) is 11.2. The fourth-order valence-electron chi connectivity index (χ4n) is 2.19. The normalized spacial score (nSPS) is 11.3. The second-order valence-electron chi connectivity index (χ2n) is 4.12. The van der Waals surface area contributed by atoms with Crippen LogP contribution in [0.1, 0.15) is 16.7 Å². The molecule has 0 amide bonds. The number of aryl methyl sites for hydroxylation is 1. The molecule has 0 atom stereocenters. The van der Waals surface area contributed by atoms with E-state index < -0.39 is 0 Å². The van der Waals surface area contributed by atoms with Crippen LogP contribution < -0.4 is 4.74 Å². The van der Waals surface area contributed by atoms with E-state index >= 15 is 0 Å². The molecule has 0 saturated heterocycles. The number of nitrogens with zero attached hydrogens (tertiary/aromatic N) is 2. The lowest BCUT2D eigenvalue weighted by Crippen LogP contribution is -2.03. The lowest BCUT2D eigenvalue weighted by Gasteiger charge is -2.02. The summed E-state index contributed by atoms with van der Waals surface area (Å²) in [5, 5.41) is 1.92. The number of hydrogen-bond donors (Lipinski definition) is 0. The van der Waals surface area contributed by atoms with Crippen LogP contribution in [-0.2, 0) is 0 Å². The fourth-order valence-corrected chi connectivity index (χ4v) is 3.18. The second-order valence-corrected chi connectivity index (χ2v) is 5.31. The minimum atomic E-state index is 0.00353. The minimum Gasteiger partial charge on any atom is -0.497 e. The Labute approximate surface area is 108 Å². The van der Waals surface area contributed by atoms with Gasteiger partial charge in [-0.2, -0.15) is 0 Å². The van der Waals surface area contributed by atoms with Crippen molar-refractivity contribution in [2.45, 2.75) is 13.8 Å². The summed E-state index contributed by atoms with van der Waals surface area (Å²) in [4.78, 5) is 17.2. The van der Waals surface area contributed by atoms with Gasteiger partial charge in [-0.05, 0) is 25.1 Å². The summed E-state index contributed by atoms with van der Waals surface area (Å²) in [6.07, 6.45) is 0. The third kappa shape index (κ3) is 1.44. The molecule has 5 heteroatoms. The van der Waals surface area contributed by atoms with E-state index in [4.69, 9.17) is 4.74 Å². The molecule has 3 rings (SSSR count). The van der Waals surface area contributed by atoms with Crippen molar-refractivity contribution in [2.75, 3.05) is 7.11 Å². The molecule has 0 bridgehead atoms. The van der Waals surface area contributed by atoms with Gasteiger partial charge in [-0.3, -0.25) is 9.36 Å². The maximum Gasteiger partial charge on any atom is 0.229 e. The highest BCUT2D eigenvalue weighted by Gasteiger charge is 2.17. The van der Waals surface area contributed by atoms with E-state index in [0.717, 1.165) is 32.0 Å². The summed E-state index contributed by atoms with van der Waals surface area (Å²) in [5.74, 6) is 0.777. The first-order valence-corrected chi connectivity index (χ1v) is 6.40. The van der Waals surface area contributed by atoms with Crippen LogP contribution in [0.15, 0.2) is 18.2 Å². The zero-order valence-corrected chi connectivity index (χ0v) is 11.2. The van der Waals surface area contributed by atoms with Gasteiger partial charge in [0.2, 0.25) is 5.91 Å². The monoisotopic (exact) mass is 260 g/mol. The van der Waals surface area contributed by atoms with Crippen molar-refractivity contribution < 1.29 is 9.53 Å². The average Bonchev–Trinajstić information content (AvgIpc) is 2.82. The van der Waals surface area contributed by atoms with Crippen LogP contribution in [0.5, 0.6) is 5.75 Å². The van der Waals surface area contributed by atoms with Gasteiger partial charge in [0.15, 0.2) is 0 Å². The molecule has 3 aromatic rings. The van der Waals surface area contributed by atoms with Gasteiger partial charge in [-0.25, -0.2) is 4.98 Å². The lowest BCUT2D eigenvalue weighted by molar-refractivity contribution is 0.0947. The number of methoxy groups -OCH3 is 1. The molecule has 1 aromatic carbocycles. The van der Waals surface area contributed by atoms with E-state index in [1.165, 1.54) is 11.3 Å². The molecule has 0 aliphatic heterocycles. The van der Waals surface area contributed by atoms with Crippen molar-refractivity contribution in [1.82, 2.24) is 9.55 Å². The van der Waals surface area contributed by atoms with Crippen molar-refractivity contribution >= 4 is 38.5 Å². The predicted molar refractivity (Wildman–Crippen MR) is 72.7 cm³/mol. The molecular formula is C13H12N2O2S. The molecule has 2 heterocycles. The molecular weight excluding hydrogens is 248 g/mol. The third-order valence-electron chi connectivity index (χ3n) is 2.93. The number of fused-ring (bicyclic) bond motifs is 3. The van der Waals surface area contributed by atoms with E-state index in [0.29, 0.717) is 0 Å². The number of ether oxygens (including phenoxy) is 1. The Morgan fingerprint density at radius 3 is 2.89 bits per heavy atom. The van der Waals surface area contributed by atoms with Crippen LogP contribution in [-0.4, -0.2) is 22.6 Å². The summed E-state index contributed by atoms with van der Waals surface area (Å²) >= 11 is 1.54. The first-order chi connectivity index (χ1) is 8.61. The van der Waals surface area contributed by atoms with Gasteiger partial charge in [0, 0.05) is 12.3 Å². The third-order valence-corrected chi connectivity index (χ3v) is 3.89. The number of hydrogen-bond acceptors (Lipinski definition) is 4. The highest BCUT2D eigenvalue weighted by Crippen LogP contribution is 2.34. The van der Waals surface area contributed by atoms with E-state index in [1.807, 2.05) is 25.1 Å². The van der Waals surface area contributed by atoms with Crippen molar-refractivity contribution in [3.05, 3.63) is 23.2 Å². The number of thiazole rings is 1. The van der Waals surface area contributed by atoms with Crippen molar-refractivity contribution in [1.29, 1.82) is 0 Å². The van der Waals surface area contributed by atoms with Crippen LogP contribution >= 0.6 is 11.3 Å². The Bertz CT molecular complexity index is 770. The SMILES string of the molecule is COc1ccc2c(c1)c1nc(C)sc1n2C(C)=O. The Kier molecular flexibility index (Phi) is 2.38. The maximum atomic E-state index is 11.8. The molecule has 0 aliphatic rings. The first-order valence-electron chi connectivity index (χ1n) is 5.58. The molecule has 4 nitrogen and oxygen atoms in total. The van der Waals surface area contributed by atoms with Crippen LogP contribution in [0.25, 0.3) is 21.3 Å². The molecule has 0 radical (unpaired) electrons. The van der Waals surface area contributed by atoms with Crippen LogP contribution in [0.2, 0.25) is 0 Å². The Hall–Kier alpha value is -1.88. The Morgan fingerprint density at radius 2 is 2.22 bits per heavy atom. The zero-order chi connectivity index (χ0) is 12.9. The fraction of sp³-hybridized carbons (Fsp3) is 0.231. The zero-order valence-electron chi connectivity index (χ0n) is 10.4. The average molecular weight is 260 g/mol.